The van der Waals surface area contributed by atoms with Gasteiger partial charge in [-0.25, -0.2) is 0 Å². The molecule has 2 rings (SSSR count). The van der Waals surface area contributed by atoms with Crippen LogP contribution in [0.4, 0.5) is 0 Å². The van der Waals surface area contributed by atoms with Gasteiger partial charge >= 0.3 is 5.97 Å². The summed E-state index contributed by atoms with van der Waals surface area (Å²) >= 11 is 0. The van der Waals surface area contributed by atoms with E-state index in [4.69, 9.17) is 9.15 Å². The summed E-state index contributed by atoms with van der Waals surface area (Å²) in [5.74, 6) is 0.859. The van der Waals surface area contributed by atoms with E-state index in [0.29, 0.717) is 13.0 Å². The normalized spacial score (nSPS) is 20.2. The van der Waals surface area contributed by atoms with Crippen LogP contribution in [0.5, 0.6) is 0 Å². The van der Waals surface area contributed by atoms with Crippen LogP contribution in [0.2, 0.25) is 0 Å². The minimum absolute atomic E-state index is 0.00593. The fraction of sp³-hybridized carbons (Fsp3) is 0.545. The Balaban J connectivity index is 2.04. The van der Waals surface area contributed by atoms with E-state index in [1.807, 2.05) is 13.0 Å². The van der Waals surface area contributed by atoms with E-state index in [2.05, 4.69) is 0 Å². The molecule has 0 bridgehead atoms. The van der Waals surface area contributed by atoms with Crippen molar-refractivity contribution in [2.24, 2.45) is 5.92 Å². The van der Waals surface area contributed by atoms with Gasteiger partial charge in [0.05, 0.1) is 18.8 Å². The number of ether oxygens (including phenoxy) is 1. The van der Waals surface area contributed by atoms with Gasteiger partial charge in [0, 0.05) is 6.42 Å². The number of furan rings is 1. The zero-order chi connectivity index (χ0) is 9.97. The second-order valence-corrected chi connectivity index (χ2v) is 3.56. The van der Waals surface area contributed by atoms with Crippen molar-refractivity contribution in [1.82, 2.24) is 0 Å². The largest absolute Gasteiger partial charge is 0.469 e. The monoisotopic (exact) mass is 194 g/mol. The van der Waals surface area contributed by atoms with Gasteiger partial charge in [0.2, 0.25) is 0 Å². The summed E-state index contributed by atoms with van der Waals surface area (Å²) in [7, 11) is 0. The molecule has 1 atom stereocenters. The Bertz CT molecular complexity index is 327. The van der Waals surface area contributed by atoms with Gasteiger partial charge in [-0.2, -0.15) is 0 Å². The van der Waals surface area contributed by atoms with Crippen molar-refractivity contribution in [3.05, 3.63) is 23.7 Å². The van der Waals surface area contributed by atoms with Crippen molar-refractivity contribution >= 4 is 5.97 Å². The van der Waals surface area contributed by atoms with Crippen molar-refractivity contribution in [3.63, 3.8) is 0 Å². The van der Waals surface area contributed by atoms with Gasteiger partial charge in [-0.1, -0.05) is 0 Å². The Hall–Kier alpha value is -1.25. The second-order valence-electron chi connectivity index (χ2n) is 3.56. The maximum Gasteiger partial charge on any atom is 0.309 e. The predicted octanol–water partition coefficient (Wildman–Crippen LogP) is 1.95. The summed E-state index contributed by atoms with van der Waals surface area (Å²) in [4.78, 5) is 11.5. The molecule has 0 spiro atoms. The summed E-state index contributed by atoms with van der Waals surface area (Å²) in [5.41, 5.74) is 1.24. The summed E-state index contributed by atoms with van der Waals surface area (Å²) in [6.07, 6.45) is 4.19. The van der Waals surface area contributed by atoms with Crippen LogP contribution in [0.15, 0.2) is 16.7 Å². The van der Waals surface area contributed by atoms with E-state index in [1.54, 1.807) is 6.26 Å². The van der Waals surface area contributed by atoms with Crippen LogP contribution in [0.1, 0.15) is 24.7 Å². The van der Waals surface area contributed by atoms with Gasteiger partial charge in [0.15, 0.2) is 0 Å². The third-order valence-corrected chi connectivity index (χ3v) is 2.65. The van der Waals surface area contributed by atoms with Crippen LogP contribution in [-0.4, -0.2) is 12.6 Å². The van der Waals surface area contributed by atoms with Crippen LogP contribution in [0, 0.1) is 5.92 Å². The maximum absolute atomic E-state index is 11.5. The lowest BCUT2D eigenvalue weighted by Gasteiger charge is -2.19. The minimum atomic E-state index is -0.0884. The van der Waals surface area contributed by atoms with E-state index in [-0.39, 0.29) is 11.9 Å². The molecule has 3 heteroatoms. The molecule has 0 radical (unpaired) electrons. The fourth-order valence-electron chi connectivity index (χ4n) is 1.89. The van der Waals surface area contributed by atoms with Gasteiger partial charge in [-0.15, -0.1) is 0 Å². The third kappa shape index (κ3) is 1.67. The third-order valence-electron chi connectivity index (χ3n) is 2.65. The molecule has 3 nitrogen and oxygen atoms in total. The van der Waals surface area contributed by atoms with Crippen molar-refractivity contribution in [2.75, 3.05) is 6.61 Å². The van der Waals surface area contributed by atoms with Gasteiger partial charge in [-0.05, 0) is 31.4 Å². The van der Waals surface area contributed by atoms with Gasteiger partial charge < -0.3 is 9.15 Å². The average Bonchev–Trinajstić information content (AvgIpc) is 2.64. The van der Waals surface area contributed by atoms with Crippen LogP contribution >= 0.6 is 0 Å². The molecule has 76 valence electrons. The molecule has 1 aliphatic rings. The quantitative estimate of drug-likeness (QED) is 0.675. The molecule has 0 aliphatic heterocycles. The van der Waals surface area contributed by atoms with Crippen molar-refractivity contribution < 1.29 is 13.9 Å². The lowest BCUT2D eigenvalue weighted by Crippen LogP contribution is -2.23. The van der Waals surface area contributed by atoms with Crippen LogP contribution < -0.4 is 0 Å². The molecule has 1 heterocycles. The van der Waals surface area contributed by atoms with Crippen LogP contribution in [0.25, 0.3) is 0 Å². The molecule has 1 aromatic heterocycles. The van der Waals surface area contributed by atoms with Crippen LogP contribution in [0.3, 0.4) is 0 Å². The van der Waals surface area contributed by atoms with E-state index >= 15 is 0 Å². The standard InChI is InChI=1S/C11H14O3/c1-2-13-11(12)9-4-3-8-5-6-14-10(8)7-9/h5-6,9H,2-4,7H2,1H3. The Kier molecular flexibility index (Phi) is 2.57. The fourth-order valence-corrected chi connectivity index (χ4v) is 1.89. The first-order valence-electron chi connectivity index (χ1n) is 5.03. The molecule has 1 unspecified atom stereocenters. The molecular formula is C11H14O3. The smallest absolute Gasteiger partial charge is 0.309 e. The summed E-state index contributed by atoms with van der Waals surface area (Å²) in [6, 6.07) is 1.98. The van der Waals surface area contributed by atoms with Crippen LogP contribution in [-0.2, 0) is 22.4 Å². The maximum atomic E-state index is 11.5. The zero-order valence-electron chi connectivity index (χ0n) is 8.29. The van der Waals surface area contributed by atoms with E-state index in [1.165, 1.54) is 5.56 Å². The molecular weight excluding hydrogens is 180 g/mol. The summed E-state index contributed by atoms with van der Waals surface area (Å²) in [5, 5.41) is 0. The first kappa shape index (κ1) is 9.31. The lowest BCUT2D eigenvalue weighted by atomic mass is 9.88. The minimum Gasteiger partial charge on any atom is -0.469 e. The number of hydrogen-bond donors (Lipinski definition) is 0. The van der Waals surface area contributed by atoms with Gasteiger partial charge in [-0.3, -0.25) is 4.79 Å². The molecule has 1 aliphatic carbocycles. The van der Waals surface area contributed by atoms with Crippen molar-refractivity contribution in [1.29, 1.82) is 0 Å². The number of carbonyl (C=O) groups excluding carboxylic acids is 1. The topological polar surface area (TPSA) is 39.4 Å². The highest BCUT2D eigenvalue weighted by atomic mass is 16.5. The van der Waals surface area contributed by atoms with Gasteiger partial charge in [0.1, 0.15) is 5.76 Å². The molecule has 0 fully saturated rings. The lowest BCUT2D eigenvalue weighted by molar-refractivity contribution is -0.148. The van der Waals surface area contributed by atoms with Crippen molar-refractivity contribution in [2.45, 2.75) is 26.2 Å². The molecule has 0 N–H and O–H groups in total. The average molecular weight is 194 g/mol. The van der Waals surface area contributed by atoms with Crippen molar-refractivity contribution in [3.8, 4) is 0 Å². The van der Waals surface area contributed by atoms with E-state index in [0.717, 1.165) is 18.6 Å². The number of esters is 1. The highest BCUT2D eigenvalue weighted by Gasteiger charge is 2.27. The summed E-state index contributed by atoms with van der Waals surface area (Å²) < 4.78 is 10.3. The molecule has 0 amide bonds. The Morgan fingerprint density at radius 2 is 2.57 bits per heavy atom. The highest BCUT2D eigenvalue weighted by Crippen LogP contribution is 2.26. The van der Waals surface area contributed by atoms with Gasteiger partial charge in [0.25, 0.3) is 0 Å². The van der Waals surface area contributed by atoms with E-state index < -0.39 is 0 Å². The Labute approximate surface area is 83.0 Å². The second kappa shape index (κ2) is 3.86. The molecule has 0 saturated carbocycles. The molecule has 14 heavy (non-hydrogen) atoms. The SMILES string of the molecule is CCOC(=O)C1CCc2ccoc2C1. The number of rotatable bonds is 2. The summed E-state index contributed by atoms with van der Waals surface area (Å²) in [6.45, 7) is 2.29. The highest BCUT2D eigenvalue weighted by molar-refractivity contribution is 5.73. The first-order chi connectivity index (χ1) is 6.81. The number of fused-ring (bicyclic) bond motifs is 1. The Morgan fingerprint density at radius 1 is 1.71 bits per heavy atom. The number of aryl methyl sites for hydroxylation is 1. The van der Waals surface area contributed by atoms with E-state index in [9.17, 15) is 4.79 Å². The predicted molar refractivity (Wildman–Crippen MR) is 50.9 cm³/mol. The first-order valence-corrected chi connectivity index (χ1v) is 5.03. The Morgan fingerprint density at radius 3 is 3.36 bits per heavy atom. The molecule has 1 aromatic rings. The number of carbonyl (C=O) groups is 1. The molecule has 0 saturated heterocycles. The zero-order valence-corrected chi connectivity index (χ0v) is 8.29. The number of hydrogen-bond acceptors (Lipinski definition) is 3. The molecule has 0 aromatic carbocycles.